The first kappa shape index (κ1) is 17.1. The number of amides is 2. The van der Waals surface area contributed by atoms with E-state index in [9.17, 15) is 19.7 Å². The van der Waals surface area contributed by atoms with Crippen molar-refractivity contribution in [3.8, 4) is 0 Å². The van der Waals surface area contributed by atoms with Crippen LogP contribution in [0, 0.1) is 16.0 Å². The van der Waals surface area contributed by atoms with Gasteiger partial charge in [-0.2, -0.15) is 0 Å². The molecule has 25 heavy (non-hydrogen) atoms. The van der Waals surface area contributed by atoms with Gasteiger partial charge in [-0.05, 0) is 42.9 Å². The molecular weight excluding hydrogens is 342 g/mol. The molecule has 1 heterocycles. The molecule has 130 valence electrons. The van der Waals surface area contributed by atoms with Crippen molar-refractivity contribution in [1.82, 2.24) is 0 Å². The summed E-state index contributed by atoms with van der Waals surface area (Å²) in [7, 11) is 0. The van der Waals surface area contributed by atoms with Gasteiger partial charge in [0.25, 0.3) is 17.5 Å². The number of carbonyl (C=O) groups is 2. The fraction of sp³-hybridized carbons (Fsp3) is 0.294. The number of nitro benzene ring substituents is 1. The molecule has 7 nitrogen and oxygen atoms in total. The molecule has 2 amide bonds. The van der Waals surface area contributed by atoms with Gasteiger partial charge in [0.05, 0.1) is 10.5 Å². The van der Waals surface area contributed by atoms with E-state index in [0.717, 1.165) is 29.7 Å². The van der Waals surface area contributed by atoms with Crippen molar-refractivity contribution in [3.63, 3.8) is 0 Å². The number of benzene rings is 1. The van der Waals surface area contributed by atoms with Crippen LogP contribution in [0.4, 0.5) is 10.7 Å². The van der Waals surface area contributed by atoms with E-state index in [2.05, 4.69) is 12.2 Å². The van der Waals surface area contributed by atoms with Gasteiger partial charge in [0, 0.05) is 22.6 Å². The summed E-state index contributed by atoms with van der Waals surface area (Å²) in [6.45, 7) is 2.15. The lowest BCUT2D eigenvalue weighted by Gasteiger charge is -2.18. The Balaban J connectivity index is 1.88. The highest BCUT2D eigenvalue weighted by atomic mass is 32.1. The Labute approximate surface area is 148 Å². The number of nitrogens with one attached hydrogen (secondary N) is 1. The van der Waals surface area contributed by atoms with Crippen LogP contribution in [0.3, 0.4) is 0 Å². The molecule has 1 aliphatic rings. The monoisotopic (exact) mass is 359 g/mol. The van der Waals surface area contributed by atoms with Gasteiger partial charge in [0.1, 0.15) is 5.00 Å². The van der Waals surface area contributed by atoms with Crippen LogP contribution >= 0.6 is 11.3 Å². The number of thiophene rings is 1. The third-order valence-electron chi connectivity index (χ3n) is 4.33. The Bertz CT molecular complexity index is 858. The molecule has 0 saturated carbocycles. The van der Waals surface area contributed by atoms with E-state index in [1.807, 2.05) is 0 Å². The number of anilines is 1. The fourth-order valence-corrected chi connectivity index (χ4v) is 4.42. The van der Waals surface area contributed by atoms with Crippen LogP contribution in [0.1, 0.15) is 44.5 Å². The molecule has 0 unspecified atom stereocenters. The molecule has 0 bridgehead atoms. The molecule has 0 saturated heterocycles. The van der Waals surface area contributed by atoms with E-state index in [1.54, 1.807) is 0 Å². The molecule has 1 aromatic heterocycles. The first-order chi connectivity index (χ1) is 11.9. The van der Waals surface area contributed by atoms with Gasteiger partial charge in [-0.15, -0.1) is 11.3 Å². The zero-order valence-corrected chi connectivity index (χ0v) is 14.4. The van der Waals surface area contributed by atoms with Crippen molar-refractivity contribution < 1.29 is 14.5 Å². The smallest absolute Gasteiger partial charge is 0.269 e. The number of fused-ring (bicyclic) bond motifs is 1. The predicted octanol–water partition coefficient (Wildman–Crippen LogP) is 3.13. The van der Waals surface area contributed by atoms with Crippen LogP contribution in [0.25, 0.3) is 0 Å². The highest BCUT2D eigenvalue weighted by Crippen LogP contribution is 2.39. The van der Waals surface area contributed by atoms with Crippen molar-refractivity contribution in [2.45, 2.75) is 26.2 Å². The predicted molar refractivity (Wildman–Crippen MR) is 95.1 cm³/mol. The van der Waals surface area contributed by atoms with Crippen molar-refractivity contribution >= 4 is 33.8 Å². The Morgan fingerprint density at radius 1 is 1.32 bits per heavy atom. The van der Waals surface area contributed by atoms with E-state index in [0.29, 0.717) is 16.5 Å². The average molecular weight is 359 g/mol. The van der Waals surface area contributed by atoms with Crippen molar-refractivity contribution in [3.05, 3.63) is 55.9 Å². The Morgan fingerprint density at radius 3 is 2.60 bits per heavy atom. The zero-order chi connectivity index (χ0) is 18.1. The van der Waals surface area contributed by atoms with Crippen LogP contribution in [0.5, 0.6) is 0 Å². The quantitative estimate of drug-likeness (QED) is 0.644. The molecular formula is C17H17N3O4S. The molecule has 1 atom stereocenters. The lowest BCUT2D eigenvalue weighted by molar-refractivity contribution is -0.384. The number of carbonyl (C=O) groups excluding carboxylic acids is 2. The van der Waals surface area contributed by atoms with Gasteiger partial charge in [0.15, 0.2) is 0 Å². The van der Waals surface area contributed by atoms with Crippen LogP contribution < -0.4 is 11.1 Å². The summed E-state index contributed by atoms with van der Waals surface area (Å²) >= 11 is 1.38. The van der Waals surface area contributed by atoms with Gasteiger partial charge in [0.2, 0.25) is 0 Å². The largest absolute Gasteiger partial charge is 0.365 e. The number of hydrogen-bond donors (Lipinski definition) is 2. The van der Waals surface area contributed by atoms with E-state index in [1.165, 1.54) is 35.6 Å². The number of nitro groups is 1. The molecule has 0 aliphatic heterocycles. The number of nitrogens with two attached hydrogens (primary N) is 1. The highest BCUT2D eigenvalue weighted by molar-refractivity contribution is 7.17. The maximum Gasteiger partial charge on any atom is 0.269 e. The maximum absolute atomic E-state index is 12.4. The van der Waals surface area contributed by atoms with E-state index >= 15 is 0 Å². The van der Waals surface area contributed by atoms with Crippen LogP contribution in [-0.2, 0) is 12.8 Å². The van der Waals surface area contributed by atoms with Crippen molar-refractivity contribution in [2.24, 2.45) is 11.7 Å². The summed E-state index contributed by atoms with van der Waals surface area (Å²) in [5.74, 6) is -0.444. The van der Waals surface area contributed by atoms with Gasteiger partial charge >= 0.3 is 0 Å². The second-order valence-corrected chi connectivity index (χ2v) is 7.28. The first-order valence-electron chi connectivity index (χ1n) is 7.87. The van der Waals surface area contributed by atoms with E-state index < -0.39 is 16.7 Å². The fourth-order valence-electron chi connectivity index (χ4n) is 3.01. The average Bonchev–Trinajstić information content (AvgIpc) is 2.91. The minimum atomic E-state index is -0.550. The topological polar surface area (TPSA) is 115 Å². The molecule has 1 aromatic carbocycles. The third kappa shape index (κ3) is 3.39. The zero-order valence-electron chi connectivity index (χ0n) is 13.6. The van der Waals surface area contributed by atoms with Crippen molar-refractivity contribution in [2.75, 3.05) is 5.32 Å². The van der Waals surface area contributed by atoms with Gasteiger partial charge < -0.3 is 11.1 Å². The lowest BCUT2D eigenvalue weighted by atomic mass is 9.88. The number of non-ortho nitro benzene ring substituents is 1. The third-order valence-corrected chi connectivity index (χ3v) is 5.50. The molecule has 0 radical (unpaired) electrons. The van der Waals surface area contributed by atoms with Gasteiger partial charge in [-0.1, -0.05) is 6.92 Å². The summed E-state index contributed by atoms with van der Waals surface area (Å²) in [5.41, 5.74) is 7.05. The Kier molecular flexibility index (Phi) is 4.54. The minimum Gasteiger partial charge on any atom is -0.365 e. The lowest BCUT2D eigenvalue weighted by Crippen LogP contribution is -2.19. The van der Waals surface area contributed by atoms with Crippen molar-refractivity contribution in [1.29, 1.82) is 0 Å². The minimum absolute atomic E-state index is 0.0880. The maximum atomic E-state index is 12.4. The van der Waals surface area contributed by atoms with Gasteiger partial charge in [-0.3, -0.25) is 19.7 Å². The summed E-state index contributed by atoms with van der Waals surface area (Å²) in [4.78, 5) is 35.5. The number of rotatable bonds is 4. The normalized spacial score (nSPS) is 16.1. The molecule has 2 aromatic rings. The summed E-state index contributed by atoms with van der Waals surface area (Å²) in [5, 5.41) is 13.9. The standard InChI is InChI=1S/C17H17N3O4S/c1-9-2-7-12-13(8-9)25-17(14(12)15(18)21)19-16(22)10-3-5-11(6-4-10)20(23)24/h3-6,9H,2,7-8H2,1H3,(H2,18,21)(H,19,22)/t9-/m0/s1. The van der Waals surface area contributed by atoms with E-state index in [4.69, 9.17) is 5.73 Å². The Morgan fingerprint density at radius 2 is 2.00 bits per heavy atom. The molecule has 0 fully saturated rings. The SMILES string of the molecule is C[C@H]1CCc2c(sc(NC(=O)c3ccc([N+](=O)[O-])cc3)c2C(N)=O)C1. The Hall–Kier alpha value is -2.74. The molecule has 8 heteroatoms. The number of nitrogens with zero attached hydrogens (tertiary/aromatic N) is 1. The molecule has 1 aliphatic carbocycles. The summed E-state index contributed by atoms with van der Waals surface area (Å²) < 4.78 is 0. The molecule has 3 rings (SSSR count). The first-order valence-corrected chi connectivity index (χ1v) is 8.68. The second-order valence-electron chi connectivity index (χ2n) is 6.18. The highest BCUT2D eigenvalue weighted by Gasteiger charge is 2.27. The number of primary amides is 1. The summed E-state index contributed by atoms with van der Waals surface area (Å²) in [6.07, 6.45) is 2.63. The van der Waals surface area contributed by atoms with Crippen LogP contribution in [0.2, 0.25) is 0 Å². The van der Waals surface area contributed by atoms with Crippen LogP contribution in [0.15, 0.2) is 24.3 Å². The molecule has 3 N–H and O–H groups in total. The summed E-state index contributed by atoms with van der Waals surface area (Å²) in [6, 6.07) is 5.30. The molecule has 0 spiro atoms. The van der Waals surface area contributed by atoms with Gasteiger partial charge in [-0.25, -0.2) is 0 Å². The van der Waals surface area contributed by atoms with E-state index in [-0.39, 0.29) is 11.3 Å². The van der Waals surface area contributed by atoms with Crippen LogP contribution in [-0.4, -0.2) is 16.7 Å². The number of hydrogen-bond acceptors (Lipinski definition) is 5. The second kappa shape index (κ2) is 6.64.